The van der Waals surface area contributed by atoms with Crippen LogP contribution in [0.15, 0.2) is 15.9 Å². The Hall–Kier alpha value is -0.300. The van der Waals surface area contributed by atoms with Crippen LogP contribution in [-0.4, -0.2) is 10.2 Å². The minimum Gasteiger partial charge on any atom is -0.324 e. The minimum absolute atomic E-state index is 0.459. The molecular formula is C7H6BrN3S2. The number of hydrogen-bond donors (Lipinski definition) is 1. The highest BCUT2D eigenvalue weighted by Gasteiger charge is 2.09. The molecule has 2 rings (SSSR count). The molecule has 0 aliphatic carbocycles. The highest BCUT2D eigenvalue weighted by atomic mass is 79.9. The lowest BCUT2D eigenvalue weighted by molar-refractivity contribution is 0.961. The fourth-order valence-electron chi connectivity index (χ4n) is 0.874. The zero-order chi connectivity index (χ0) is 9.26. The summed E-state index contributed by atoms with van der Waals surface area (Å²) in [5.74, 6) is 0. The van der Waals surface area contributed by atoms with Gasteiger partial charge in [0.1, 0.15) is 5.01 Å². The van der Waals surface area contributed by atoms with Crippen LogP contribution in [0.5, 0.6) is 0 Å². The average molecular weight is 276 g/mol. The maximum atomic E-state index is 5.45. The topological polar surface area (TPSA) is 51.8 Å². The molecule has 2 heterocycles. The van der Waals surface area contributed by atoms with Crippen LogP contribution >= 0.6 is 38.6 Å². The second-order valence-corrected chi connectivity index (χ2v) is 5.14. The van der Waals surface area contributed by atoms with Crippen LogP contribution in [-0.2, 0) is 6.54 Å². The first-order valence-electron chi connectivity index (χ1n) is 3.57. The summed E-state index contributed by atoms with van der Waals surface area (Å²) in [5, 5.41) is 11.8. The van der Waals surface area contributed by atoms with E-state index in [1.807, 2.05) is 11.4 Å². The lowest BCUT2D eigenvalue weighted by atomic mass is 10.5. The van der Waals surface area contributed by atoms with Crippen molar-refractivity contribution in [3.63, 3.8) is 0 Å². The van der Waals surface area contributed by atoms with Gasteiger partial charge in [-0.1, -0.05) is 11.3 Å². The first kappa shape index (κ1) is 9.26. The van der Waals surface area contributed by atoms with Gasteiger partial charge in [-0.25, -0.2) is 0 Å². The SMILES string of the molecule is NCc1nnc(-c2sccc2Br)s1. The van der Waals surface area contributed by atoms with Crippen molar-refractivity contribution in [3.8, 4) is 9.88 Å². The summed E-state index contributed by atoms with van der Waals surface area (Å²) < 4.78 is 1.07. The zero-order valence-corrected chi connectivity index (χ0v) is 9.75. The standard InChI is InChI=1S/C7H6BrN3S2/c8-4-1-2-12-6(4)7-11-10-5(3-9)13-7/h1-2H,3,9H2. The van der Waals surface area contributed by atoms with Crippen LogP contribution in [0.3, 0.4) is 0 Å². The quantitative estimate of drug-likeness (QED) is 0.916. The fraction of sp³-hybridized carbons (Fsp3) is 0.143. The van der Waals surface area contributed by atoms with Gasteiger partial charge in [0.25, 0.3) is 0 Å². The van der Waals surface area contributed by atoms with Gasteiger partial charge in [-0.2, -0.15) is 0 Å². The molecule has 3 nitrogen and oxygen atoms in total. The Morgan fingerprint density at radius 1 is 1.46 bits per heavy atom. The van der Waals surface area contributed by atoms with Crippen LogP contribution in [0.2, 0.25) is 0 Å². The van der Waals surface area contributed by atoms with E-state index in [9.17, 15) is 0 Å². The monoisotopic (exact) mass is 275 g/mol. The molecule has 0 saturated heterocycles. The molecule has 0 aliphatic heterocycles. The van der Waals surface area contributed by atoms with Crippen LogP contribution in [0.1, 0.15) is 5.01 Å². The van der Waals surface area contributed by atoms with E-state index >= 15 is 0 Å². The second-order valence-electron chi connectivity index (χ2n) is 2.30. The van der Waals surface area contributed by atoms with Gasteiger partial charge in [-0.15, -0.1) is 21.5 Å². The van der Waals surface area contributed by atoms with E-state index in [0.717, 1.165) is 19.4 Å². The van der Waals surface area contributed by atoms with Crippen LogP contribution in [0, 0.1) is 0 Å². The third-order valence-electron chi connectivity index (χ3n) is 1.45. The highest BCUT2D eigenvalue weighted by Crippen LogP contribution is 2.34. The van der Waals surface area contributed by atoms with Crippen molar-refractivity contribution in [3.05, 3.63) is 20.9 Å². The van der Waals surface area contributed by atoms with Crippen molar-refractivity contribution in [1.29, 1.82) is 0 Å². The Morgan fingerprint density at radius 2 is 2.31 bits per heavy atom. The molecule has 68 valence electrons. The maximum Gasteiger partial charge on any atom is 0.159 e. The lowest BCUT2D eigenvalue weighted by Crippen LogP contribution is -1.94. The molecule has 0 amide bonds. The molecule has 0 aromatic carbocycles. The largest absolute Gasteiger partial charge is 0.324 e. The van der Waals surface area contributed by atoms with Crippen molar-refractivity contribution in [1.82, 2.24) is 10.2 Å². The highest BCUT2D eigenvalue weighted by molar-refractivity contribution is 9.10. The van der Waals surface area contributed by atoms with E-state index in [1.54, 1.807) is 11.3 Å². The van der Waals surface area contributed by atoms with Gasteiger partial charge in [0.05, 0.1) is 4.88 Å². The van der Waals surface area contributed by atoms with Gasteiger partial charge in [-0.3, -0.25) is 0 Å². The Balaban J connectivity index is 2.41. The molecule has 0 spiro atoms. The molecule has 0 fully saturated rings. The van der Waals surface area contributed by atoms with Gasteiger partial charge in [-0.05, 0) is 27.4 Å². The van der Waals surface area contributed by atoms with E-state index in [-0.39, 0.29) is 0 Å². The fourth-order valence-corrected chi connectivity index (χ4v) is 3.38. The summed E-state index contributed by atoms with van der Waals surface area (Å²) in [6, 6.07) is 2.00. The first-order chi connectivity index (χ1) is 6.31. The average Bonchev–Trinajstić information content (AvgIpc) is 2.71. The van der Waals surface area contributed by atoms with Crippen LogP contribution in [0.25, 0.3) is 9.88 Å². The molecule has 6 heteroatoms. The van der Waals surface area contributed by atoms with Gasteiger partial charge in [0.2, 0.25) is 0 Å². The summed E-state index contributed by atoms with van der Waals surface area (Å²) in [4.78, 5) is 1.12. The van der Waals surface area contributed by atoms with Crippen molar-refractivity contribution < 1.29 is 0 Å². The van der Waals surface area contributed by atoms with E-state index in [1.165, 1.54) is 11.3 Å². The summed E-state index contributed by atoms with van der Waals surface area (Å²) in [6.45, 7) is 0.459. The minimum atomic E-state index is 0.459. The van der Waals surface area contributed by atoms with Crippen LogP contribution < -0.4 is 5.73 Å². The summed E-state index contributed by atoms with van der Waals surface area (Å²) in [7, 11) is 0. The molecule has 0 aliphatic rings. The number of rotatable bonds is 2. The van der Waals surface area contributed by atoms with Gasteiger partial charge in [0.15, 0.2) is 5.01 Å². The molecule has 2 aromatic rings. The van der Waals surface area contributed by atoms with E-state index < -0.39 is 0 Å². The van der Waals surface area contributed by atoms with E-state index in [0.29, 0.717) is 6.54 Å². The van der Waals surface area contributed by atoms with Gasteiger partial charge < -0.3 is 5.73 Å². The number of thiophene rings is 1. The Kier molecular flexibility index (Phi) is 2.73. The van der Waals surface area contributed by atoms with Crippen molar-refractivity contribution in [2.75, 3.05) is 0 Å². The smallest absolute Gasteiger partial charge is 0.159 e. The molecule has 2 aromatic heterocycles. The number of aromatic nitrogens is 2. The van der Waals surface area contributed by atoms with Crippen LogP contribution in [0.4, 0.5) is 0 Å². The van der Waals surface area contributed by atoms with Crippen molar-refractivity contribution in [2.24, 2.45) is 5.73 Å². The normalized spacial score (nSPS) is 10.6. The third-order valence-corrected chi connectivity index (χ3v) is 4.39. The predicted octanol–water partition coefficient (Wildman–Crippen LogP) is 2.49. The Morgan fingerprint density at radius 3 is 2.85 bits per heavy atom. The number of nitrogens with zero attached hydrogens (tertiary/aromatic N) is 2. The number of hydrogen-bond acceptors (Lipinski definition) is 5. The lowest BCUT2D eigenvalue weighted by Gasteiger charge is -1.87. The summed E-state index contributed by atoms with van der Waals surface area (Å²) in [6.07, 6.45) is 0. The van der Waals surface area contributed by atoms with Crippen molar-refractivity contribution >= 4 is 38.6 Å². The second kappa shape index (κ2) is 3.83. The molecular weight excluding hydrogens is 270 g/mol. The third kappa shape index (κ3) is 1.80. The van der Waals surface area contributed by atoms with Gasteiger partial charge >= 0.3 is 0 Å². The number of halogens is 1. The van der Waals surface area contributed by atoms with E-state index in [4.69, 9.17) is 5.73 Å². The van der Waals surface area contributed by atoms with E-state index in [2.05, 4.69) is 26.1 Å². The molecule has 13 heavy (non-hydrogen) atoms. The molecule has 0 bridgehead atoms. The Labute approximate surface area is 91.7 Å². The first-order valence-corrected chi connectivity index (χ1v) is 6.06. The zero-order valence-electron chi connectivity index (χ0n) is 6.53. The maximum absolute atomic E-state index is 5.45. The summed E-state index contributed by atoms with van der Waals surface area (Å²) in [5.41, 5.74) is 5.45. The van der Waals surface area contributed by atoms with Crippen molar-refractivity contribution in [2.45, 2.75) is 6.54 Å². The molecule has 0 saturated carbocycles. The predicted molar refractivity (Wildman–Crippen MR) is 58.8 cm³/mol. The molecule has 0 unspecified atom stereocenters. The Bertz CT molecular complexity index is 409. The number of nitrogens with two attached hydrogens (primary N) is 1. The molecule has 0 atom stereocenters. The molecule has 2 N–H and O–H groups in total. The van der Waals surface area contributed by atoms with Gasteiger partial charge in [0, 0.05) is 11.0 Å². The summed E-state index contributed by atoms with van der Waals surface area (Å²) >= 11 is 6.64. The molecule has 0 radical (unpaired) electrons.